The minimum atomic E-state index is -1.22. The molecular weight excluding hydrogens is 164 g/mol. The highest BCUT2D eigenvalue weighted by Gasteiger charge is 2.06. The number of H-pyrrole nitrogens is 2. The molecule has 0 aromatic carbocycles. The molecule has 6 heteroatoms. The number of aliphatic hydroxyl groups is 2. The molecule has 1 heterocycles. The van der Waals surface area contributed by atoms with Crippen LogP contribution in [0.1, 0.15) is 11.8 Å². The van der Waals surface area contributed by atoms with Crippen LogP contribution < -0.4 is 11.2 Å². The van der Waals surface area contributed by atoms with E-state index in [1.165, 1.54) is 0 Å². The third-order valence-corrected chi connectivity index (χ3v) is 1.31. The summed E-state index contributed by atoms with van der Waals surface area (Å²) in [5.41, 5.74) is -1.31. The van der Waals surface area contributed by atoms with E-state index >= 15 is 0 Å². The minimum absolute atomic E-state index is 0.00579. The van der Waals surface area contributed by atoms with Gasteiger partial charge in [0.15, 0.2) is 0 Å². The molecule has 0 radical (unpaired) electrons. The molecule has 0 aliphatic carbocycles. The highest BCUT2D eigenvalue weighted by Crippen LogP contribution is 2.02. The molecule has 66 valence electrons. The van der Waals surface area contributed by atoms with Crippen molar-refractivity contribution in [2.75, 3.05) is 6.61 Å². The maximum absolute atomic E-state index is 10.7. The lowest BCUT2D eigenvalue weighted by Crippen LogP contribution is -2.24. The van der Waals surface area contributed by atoms with Crippen LogP contribution in [0.4, 0.5) is 0 Å². The molecule has 1 rings (SSSR count). The topological polar surface area (TPSA) is 106 Å². The van der Waals surface area contributed by atoms with E-state index in [9.17, 15) is 9.59 Å². The van der Waals surface area contributed by atoms with Gasteiger partial charge in [0.2, 0.25) is 0 Å². The predicted molar refractivity (Wildman–Crippen MR) is 39.7 cm³/mol. The molecule has 4 N–H and O–H groups in total. The van der Waals surface area contributed by atoms with Crippen LogP contribution in [0, 0.1) is 0 Å². The third kappa shape index (κ3) is 1.80. The largest absolute Gasteiger partial charge is 0.393 e. The first-order chi connectivity index (χ1) is 5.63. The van der Waals surface area contributed by atoms with Crippen molar-refractivity contribution in [3.05, 3.63) is 32.6 Å². The zero-order valence-electron chi connectivity index (χ0n) is 6.07. The van der Waals surface area contributed by atoms with Gasteiger partial charge in [-0.2, -0.15) is 0 Å². The first-order valence-corrected chi connectivity index (χ1v) is 3.26. The van der Waals surface area contributed by atoms with Gasteiger partial charge in [-0.15, -0.1) is 0 Å². The van der Waals surface area contributed by atoms with Crippen LogP contribution >= 0.6 is 0 Å². The Labute approximate surface area is 66.5 Å². The summed E-state index contributed by atoms with van der Waals surface area (Å²) >= 11 is 0. The van der Waals surface area contributed by atoms with E-state index in [-0.39, 0.29) is 5.69 Å². The molecule has 12 heavy (non-hydrogen) atoms. The summed E-state index contributed by atoms with van der Waals surface area (Å²) in [6.45, 7) is -0.542. The third-order valence-electron chi connectivity index (χ3n) is 1.31. The van der Waals surface area contributed by atoms with Crippen LogP contribution in [0.3, 0.4) is 0 Å². The number of aromatic amines is 2. The lowest BCUT2D eigenvalue weighted by molar-refractivity contribution is 0.0918. The van der Waals surface area contributed by atoms with Gasteiger partial charge in [0.25, 0.3) is 5.56 Å². The smallest absolute Gasteiger partial charge is 0.325 e. The van der Waals surface area contributed by atoms with Crippen molar-refractivity contribution in [1.82, 2.24) is 9.97 Å². The van der Waals surface area contributed by atoms with Crippen LogP contribution in [-0.2, 0) is 0 Å². The maximum atomic E-state index is 10.7. The fraction of sp³-hybridized carbons (Fsp3) is 0.333. The maximum Gasteiger partial charge on any atom is 0.325 e. The van der Waals surface area contributed by atoms with Crippen LogP contribution in [0.25, 0.3) is 0 Å². The molecule has 0 saturated heterocycles. The summed E-state index contributed by atoms with van der Waals surface area (Å²) in [6.07, 6.45) is -1.22. The van der Waals surface area contributed by atoms with Crippen molar-refractivity contribution in [2.45, 2.75) is 6.10 Å². The van der Waals surface area contributed by atoms with E-state index in [4.69, 9.17) is 10.2 Å². The predicted octanol–water partition coefficient (Wildman–Crippen LogP) is -1.91. The second-order valence-corrected chi connectivity index (χ2v) is 2.24. The quantitative estimate of drug-likeness (QED) is 0.417. The molecule has 0 aliphatic heterocycles. The Hall–Kier alpha value is -1.40. The zero-order chi connectivity index (χ0) is 9.14. The van der Waals surface area contributed by atoms with E-state index in [0.29, 0.717) is 0 Å². The summed E-state index contributed by atoms with van der Waals surface area (Å²) in [5.74, 6) is 0. The Bertz CT molecular complexity index is 338. The van der Waals surface area contributed by atoms with Gasteiger partial charge in [-0.05, 0) is 0 Å². The summed E-state index contributed by atoms with van der Waals surface area (Å²) in [4.78, 5) is 25.4. The Morgan fingerprint density at radius 2 is 2.08 bits per heavy atom. The zero-order valence-corrected chi connectivity index (χ0v) is 6.07. The molecule has 0 fully saturated rings. The SMILES string of the molecule is O=c1cc([C@H](O)CO)[nH]c(=O)[nH]1. The summed E-state index contributed by atoms with van der Waals surface area (Å²) in [5, 5.41) is 17.5. The van der Waals surface area contributed by atoms with E-state index in [1.54, 1.807) is 0 Å². The first kappa shape index (κ1) is 8.69. The monoisotopic (exact) mass is 172 g/mol. The fourth-order valence-electron chi connectivity index (χ4n) is 0.765. The Balaban J connectivity index is 3.17. The van der Waals surface area contributed by atoms with Gasteiger partial charge in [0.1, 0.15) is 6.10 Å². The van der Waals surface area contributed by atoms with Crippen molar-refractivity contribution in [3.63, 3.8) is 0 Å². The van der Waals surface area contributed by atoms with E-state index in [2.05, 4.69) is 4.98 Å². The number of rotatable bonds is 2. The molecule has 6 nitrogen and oxygen atoms in total. The molecular formula is C6H8N2O4. The van der Waals surface area contributed by atoms with Gasteiger partial charge >= 0.3 is 5.69 Å². The lowest BCUT2D eigenvalue weighted by Gasteiger charge is -2.04. The Kier molecular flexibility index (Phi) is 2.41. The fourth-order valence-corrected chi connectivity index (χ4v) is 0.765. The summed E-state index contributed by atoms with van der Waals surface area (Å²) < 4.78 is 0. The van der Waals surface area contributed by atoms with E-state index in [0.717, 1.165) is 6.07 Å². The molecule has 0 bridgehead atoms. The average molecular weight is 172 g/mol. The molecule has 0 unspecified atom stereocenters. The first-order valence-electron chi connectivity index (χ1n) is 3.26. The molecule has 0 saturated carbocycles. The second kappa shape index (κ2) is 3.33. The highest BCUT2D eigenvalue weighted by atomic mass is 16.3. The van der Waals surface area contributed by atoms with Gasteiger partial charge in [-0.1, -0.05) is 0 Å². The number of aromatic nitrogens is 2. The van der Waals surface area contributed by atoms with E-state index in [1.807, 2.05) is 4.98 Å². The molecule has 1 atom stereocenters. The second-order valence-electron chi connectivity index (χ2n) is 2.24. The Morgan fingerprint density at radius 1 is 1.42 bits per heavy atom. The average Bonchev–Trinajstić information content (AvgIpc) is 2.01. The minimum Gasteiger partial charge on any atom is -0.393 e. The highest BCUT2D eigenvalue weighted by molar-refractivity contribution is 5.01. The summed E-state index contributed by atoms with van der Waals surface area (Å²) in [6, 6.07) is 1.02. The molecule has 1 aromatic rings. The molecule has 0 amide bonds. The van der Waals surface area contributed by atoms with Gasteiger partial charge in [0, 0.05) is 6.07 Å². The number of nitrogens with one attached hydrogen (secondary N) is 2. The van der Waals surface area contributed by atoms with Gasteiger partial charge < -0.3 is 15.2 Å². The van der Waals surface area contributed by atoms with E-state index < -0.39 is 24.0 Å². The van der Waals surface area contributed by atoms with Crippen LogP contribution in [0.5, 0.6) is 0 Å². The van der Waals surface area contributed by atoms with Crippen LogP contribution in [-0.4, -0.2) is 26.8 Å². The lowest BCUT2D eigenvalue weighted by atomic mass is 10.2. The van der Waals surface area contributed by atoms with Crippen molar-refractivity contribution in [2.24, 2.45) is 0 Å². The van der Waals surface area contributed by atoms with Crippen molar-refractivity contribution < 1.29 is 10.2 Å². The van der Waals surface area contributed by atoms with Gasteiger partial charge in [0.05, 0.1) is 12.3 Å². The van der Waals surface area contributed by atoms with Crippen molar-refractivity contribution >= 4 is 0 Å². The molecule has 0 spiro atoms. The molecule has 1 aromatic heterocycles. The van der Waals surface area contributed by atoms with Gasteiger partial charge in [-0.3, -0.25) is 9.78 Å². The number of hydrogen-bond acceptors (Lipinski definition) is 4. The normalized spacial score (nSPS) is 12.8. The Morgan fingerprint density at radius 3 is 2.58 bits per heavy atom. The van der Waals surface area contributed by atoms with Crippen LogP contribution in [0.15, 0.2) is 15.7 Å². The van der Waals surface area contributed by atoms with Crippen molar-refractivity contribution in [3.8, 4) is 0 Å². The number of aliphatic hydroxyl groups excluding tert-OH is 2. The molecule has 0 aliphatic rings. The van der Waals surface area contributed by atoms with Crippen LogP contribution in [0.2, 0.25) is 0 Å². The summed E-state index contributed by atoms with van der Waals surface area (Å²) in [7, 11) is 0. The standard InChI is InChI=1S/C6H8N2O4/c9-2-4(10)3-1-5(11)8-6(12)7-3/h1,4,9-10H,2H2,(H2,7,8,11,12)/t4-/m1/s1. The number of hydrogen-bond donors (Lipinski definition) is 4. The van der Waals surface area contributed by atoms with Crippen molar-refractivity contribution in [1.29, 1.82) is 0 Å². The van der Waals surface area contributed by atoms with Gasteiger partial charge in [-0.25, -0.2) is 4.79 Å².